The highest BCUT2D eigenvalue weighted by atomic mass is 16.6. The molecule has 10 heteroatoms. The topological polar surface area (TPSA) is 116 Å². The first kappa shape index (κ1) is 31.4. The highest BCUT2D eigenvalue weighted by molar-refractivity contribution is 5.76. The van der Waals surface area contributed by atoms with Gasteiger partial charge in [-0.05, 0) is 114 Å². The largest absolute Gasteiger partial charge is 0.444 e. The fraction of sp³-hybridized carbons (Fsp3) is 0.500. The first-order chi connectivity index (χ1) is 23.8. The molecule has 2 N–H and O–H groups in total. The maximum absolute atomic E-state index is 13.2. The smallest absolute Gasteiger partial charge is 0.411 e. The van der Waals surface area contributed by atoms with Gasteiger partial charge in [0.05, 0.1) is 29.7 Å². The molecule has 2 aromatic carbocycles. The van der Waals surface area contributed by atoms with Gasteiger partial charge in [0.25, 0.3) is 0 Å². The Labute approximate surface area is 293 Å². The van der Waals surface area contributed by atoms with Gasteiger partial charge in [-0.3, -0.25) is 9.80 Å². The molecule has 2 aromatic heterocycles. The van der Waals surface area contributed by atoms with Crippen molar-refractivity contribution in [2.24, 2.45) is 11.8 Å². The second-order valence-corrected chi connectivity index (χ2v) is 17.0. The van der Waals surface area contributed by atoms with Gasteiger partial charge in [-0.15, -0.1) is 0 Å². The van der Waals surface area contributed by atoms with Crippen molar-refractivity contribution in [2.45, 2.75) is 115 Å². The fourth-order valence-corrected chi connectivity index (χ4v) is 8.51. The highest BCUT2D eigenvalue weighted by Crippen LogP contribution is 2.55. The third kappa shape index (κ3) is 5.57. The average Bonchev–Trinajstić information content (AvgIpc) is 3.67. The van der Waals surface area contributed by atoms with Crippen LogP contribution >= 0.6 is 0 Å². The summed E-state index contributed by atoms with van der Waals surface area (Å²) in [5.74, 6) is 2.77. The number of carbonyl (C=O) groups excluding carboxylic acids is 2. The van der Waals surface area contributed by atoms with Crippen molar-refractivity contribution in [3.05, 3.63) is 71.6 Å². The number of benzene rings is 2. The Bertz CT molecular complexity index is 2000. The first-order valence-corrected chi connectivity index (χ1v) is 18.2. The van der Waals surface area contributed by atoms with Crippen molar-refractivity contribution in [3.8, 4) is 33.6 Å². The number of imidazole rings is 2. The van der Waals surface area contributed by atoms with E-state index in [1.165, 1.54) is 11.1 Å². The number of amides is 2. The lowest BCUT2D eigenvalue weighted by atomic mass is 9.89. The van der Waals surface area contributed by atoms with Crippen LogP contribution in [0, 0.1) is 11.8 Å². The number of nitrogens with zero attached hydrogens (tertiary/aromatic N) is 4. The number of rotatable bonds is 4. The molecule has 10 nitrogen and oxygen atoms in total. The number of carbonyl (C=O) groups is 2. The highest BCUT2D eigenvalue weighted by Gasteiger charge is 2.57. The van der Waals surface area contributed by atoms with Crippen molar-refractivity contribution in [1.29, 1.82) is 0 Å². The van der Waals surface area contributed by atoms with E-state index in [9.17, 15) is 9.59 Å². The molecular formula is C40H46N6O4. The number of nitrogens with one attached hydrogen (secondary N) is 2. The van der Waals surface area contributed by atoms with Gasteiger partial charge >= 0.3 is 12.2 Å². The van der Waals surface area contributed by atoms with Crippen LogP contribution in [0.1, 0.15) is 102 Å². The number of H-pyrrole nitrogens is 2. The van der Waals surface area contributed by atoms with Crippen LogP contribution < -0.4 is 0 Å². The molecule has 0 spiro atoms. The molecule has 4 aromatic rings. The van der Waals surface area contributed by atoms with Crippen LogP contribution in [0.25, 0.3) is 33.6 Å². The number of fused-ring (bicyclic) bond motifs is 5. The van der Waals surface area contributed by atoms with Gasteiger partial charge in [0, 0.05) is 23.3 Å². The lowest BCUT2D eigenvalue weighted by Crippen LogP contribution is -2.38. The van der Waals surface area contributed by atoms with E-state index in [2.05, 4.69) is 52.4 Å². The molecule has 4 heterocycles. The van der Waals surface area contributed by atoms with E-state index in [4.69, 9.17) is 19.4 Å². The maximum atomic E-state index is 13.2. The number of aryl methyl sites for hydroxylation is 2. The van der Waals surface area contributed by atoms with Crippen molar-refractivity contribution in [3.63, 3.8) is 0 Å². The summed E-state index contributed by atoms with van der Waals surface area (Å²) in [6.07, 6.45) is 7.17. The molecule has 4 fully saturated rings. The Morgan fingerprint density at radius 1 is 0.720 bits per heavy atom. The van der Waals surface area contributed by atoms with Crippen LogP contribution in [0.4, 0.5) is 9.59 Å². The Hall–Kier alpha value is -4.60. The summed E-state index contributed by atoms with van der Waals surface area (Å²) in [6, 6.07) is 15.6. The van der Waals surface area contributed by atoms with E-state index < -0.39 is 11.2 Å². The zero-order valence-electron chi connectivity index (χ0n) is 29.7. The number of aromatic amines is 2. The van der Waals surface area contributed by atoms with Crippen molar-refractivity contribution in [2.75, 3.05) is 0 Å². The molecule has 2 unspecified atom stereocenters. The van der Waals surface area contributed by atoms with Crippen LogP contribution in [0.5, 0.6) is 0 Å². The van der Waals surface area contributed by atoms with E-state index in [1.54, 1.807) is 0 Å². The average molecular weight is 675 g/mol. The van der Waals surface area contributed by atoms with Gasteiger partial charge in [0.2, 0.25) is 0 Å². The van der Waals surface area contributed by atoms with Crippen LogP contribution in [0.15, 0.2) is 48.7 Å². The number of hydrogen-bond acceptors (Lipinski definition) is 6. The number of aromatic nitrogens is 4. The second kappa shape index (κ2) is 10.9. The predicted octanol–water partition coefficient (Wildman–Crippen LogP) is 8.37. The minimum atomic E-state index is -0.531. The Kier molecular flexibility index (Phi) is 6.87. The minimum absolute atomic E-state index is 0.0703. The molecule has 3 aliphatic carbocycles. The van der Waals surface area contributed by atoms with Crippen molar-refractivity contribution in [1.82, 2.24) is 29.7 Å². The third-order valence-corrected chi connectivity index (χ3v) is 11.0. The molecule has 260 valence electrons. The van der Waals surface area contributed by atoms with E-state index in [-0.39, 0.29) is 36.4 Å². The SMILES string of the molecule is CC(C)(C)OC(=O)N1C2CC2C[C@H]1c1ncc(-c2ccc(-c3ccc4c(c3)CCc3[nH]c([C@@H]5C[C@H]6C[C@H]6N5C(=O)OC(C)(C)C)nc3-4)cc2)[nH]1. The molecule has 2 saturated carbocycles. The zero-order chi connectivity index (χ0) is 34.7. The van der Waals surface area contributed by atoms with Gasteiger partial charge < -0.3 is 19.4 Å². The zero-order valence-corrected chi connectivity index (χ0v) is 29.7. The van der Waals surface area contributed by atoms with Gasteiger partial charge in [0.1, 0.15) is 22.9 Å². The molecule has 50 heavy (non-hydrogen) atoms. The van der Waals surface area contributed by atoms with Gasteiger partial charge in [0.15, 0.2) is 0 Å². The Morgan fingerprint density at radius 2 is 1.30 bits per heavy atom. The molecule has 2 amide bonds. The monoisotopic (exact) mass is 674 g/mol. The summed E-state index contributed by atoms with van der Waals surface area (Å²) >= 11 is 0. The molecule has 9 rings (SSSR count). The van der Waals surface area contributed by atoms with Crippen molar-refractivity contribution >= 4 is 12.2 Å². The van der Waals surface area contributed by atoms with E-state index >= 15 is 0 Å². The molecule has 5 aliphatic rings. The van der Waals surface area contributed by atoms with Gasteiger partial charge in [-0.25, -0.2) is 19.6 Å². The third-order valence-electron chi connectivity index (χ3n) is 11.0. The van der Waals surface area contributed by atoms with E-state index in [0.29, 0.717) is 11.8 Å². The molecule has 2 saturated heterocycles. The summed E-state index contributed by atoms with van der Waals surface area (Å²) in [7, 11) is 0. The Morgan fingerprint density at radius 3 is 1.92 bits per heavy atom. The summed E-state index contributed by atoms with van der Waals surface area (Å²) in [6.45, 7) is 11.5. The molecule has 2 aliphatic heterocycles. The van der Waals surface area contributed by atoms with E-state index in [1.807, 2.05) is 57.5 Å². The second-order valence-electron chi connectivity index (χ2n) is 17.0. The molecule has 6 atom stereocenters. The normalized spacial score (nSPS) is 26.2. The quantitative estimate of drug-likeness (QED) is 0.225. The summed E-state index contributed by atoms with van der Waals surface area (Å²) in [5, 5.41) is 0. The summed E-state index contributed by atoms with van der Waals surface area (Å²) in [4.78, 5) is 47.1. The lowest BCUT2D eigenvalue weighted by Gasteiger charge is -2.29. The maximum Gasteiger partial charge on any atom is 0.411 e. The van der Waals surface area contributed by atoms with Crippen LogP contribution in [0.2, 0.25) is 0 Å². The van der Waals surface area contributed by atoms with Gasteiger partial charge in [-0.1, -0.05) is 42.5 Å². The first-order valence-electron chi connectivity index (χ1n) is 18.2. The molecule has 0 radical (unpaired) electrons. The number of piperidine rings is 2. The summed E-state index contributed by atoms with van der Waals surface area (Å²) < 4.78 is 11.5. The Balaban J connectivity index is 0.913. The molecular weight excluding hydrogens is 628 g/mol. The number of likely N-dealkylation sites (tertiary alicyclic amines) is 2. The predicted molar refractivity (Wildman–Crippen MR) is 189 cm³/mol. The number of hydrogen-bond donors (Lipinski definition) is 2. The van der Waals surface area contributed by atoms with E-state index in [0.717, 1.165) is 83.9 Å². The van der Waals surface area contributed by atoms with Crippen LogP contribution in [-0.2, 0) is 22.3 Å². The fourth-order valence-electron chi connectivity index (χ4n) is 8.51. The van der Waals surface area contributed by atoms with Crippen LogP contribution in [0.3, 0.4) is 0 Å². The molecule has 0 bridgehead atoms. The standard InChI is InChI=1S/C40H46N6O4/c1-39(2,3)49-37(47)45-30-16-25(30)18-32(45)35-41-20-29(43-35)22-9-7-21(8-10-22)23-11-13-27-24(15-23)12-14-28-34(27)44-36(42-28)33-19-26-17-31(26)46(33)38(48)50-40(4,5)6/h7-11,13,15,20,25-26,30-33H,12,14,16-19H2,1-6H3,(H,41,43)(H,42,44)/t25?,26-,30?,31-,32+,33+/m1/s1. The minimum Gasteiger partial charge on any atom is -0.444 e. The summed E-state index contributed by atoms with van der Waals surface area (Å²) in [5.41, 5.74) is 7.86. The van der Waals surface area contributed by atoms with Crippen molar-refractivity contribution < 1.29 is 19.1 Å². The lowest BCUT2D eigenvalue weighted by molar-refractivity contribution is 0.0164. The number of ether oxygens (including phenoxy) is 2. The van der Waals surface area contributed by atoms with Crippen LogP contribution in [-0.4, -0.2) is 65.2 Å². The van der Waals surface area contributed by atoms with Gasteiger partial charge in [-0.2, -0.15) is 0 Å².